The number of nitrogens with one attached hydrogen (secondary N) is 2. The Balaban J connectivity index is 1.77. The highest BCUT2D eigenvalue weighted by molar-refractivity contribution is 8.02. The number of rotatable bonds is 7. The number of halogens is 1. The second-order valence-corrected chi connectivity index (χ2v) is 12.4. The Kier molecular flexibility index (Phi) is 6.48. The quantitative estimate of drug-likeness (QED) is 0.542. The van der Waals surface area contributed by atoms with Crippen molar-refractivity contribution in [2.75, 3.05) is 19.0 Å². The lowest BCUT2D eigenvalue weighted by Gasteiger charge is -2.37. The minimum atomic E-state index is -0.775. The highest BCUT2D eigenvalue weighted by Gasteiger charge is 2.77. The number of aliphatic hydroxyl groups excluding tert-OH is 1. The van der Waals surface area contributed by atoms with Crippen molar-refractivity contribution in [2.24, 2.45) is 17.8 Å². The van der Waals surface area contributed by atoms with E-state index in [1.165, 1.54) is 0 Å². The molecule has 2 unspecified atom stereocenters. The molecule has 0 radical (unpaired) electrons. The molecule has 3 fully saturated rings. The van der Waals surface area contributed by atoms with Crippen molar-refractivity contribution in [1.29, 1.82) is 0 Å². The average Bonchev–Trinajstić information content (AvgIpc) is 3.33. The number of amides is 3. The van der Waals surface area contributed by atoms with Crippen molar-refractivity contribution in [2.45, 2.75) is 61.6 Å². The van der Waals surface area contributed by atoms with E-state index >= 15 is 0 Å². The molecule has 1 aromatic carbocycles. The van der Waals surface area contributed by atoms with E-state index in [0.717, 1.165) is 6.42 Å². The van der Waals surface area contributed by atoms with E-state index in [0.29, 0.717) is 23.6 Å². The minimum Gasteiger partial charge on any atom is -0.394 e. The van der Waals surface area contributed by atoms with Gasteiger partial charge in [-0.3, -0.25) is 14.4 Å². The maximum Gasteiger partial charge on any atom is 0.248 e. The van der Waals surface area contributed by atoms with Gasteiger partial charge in [0.25, 0.3) is 0 Å². The van der Waals surface area contributed by atoms with Crippen LogP contribution in [0.25, 0.3) is 0 Å². The summed E-state index contributed by atoms with van der Waals surface area (Å²) in [6.07, 6.45) is 2.00. The Labute approximate surface area is 204 Å². The monoisotopic (exact) mass is 493 g/mol. The molecule has 3 aliphatic heterocycles. The lowest BCUT2D eigenvalue weighted by atomic mass is 9.66. The van der Waals surface area contributed by atoms with Crippen LogP contribution in [0, 0.1) is 17.8 Å². The van der Waals surface area contributed by atoms with Crippen LogP contribution >= 0.6 is 23.4 Å². The van der Waals surface area contributed by atoms with Gasteiger partial charge in [-0.2, -0.15) is 0 Å². The second-order valence-electron chi connectivity index (χ2n) is 10.0. The topological polar surface area (TPSA) is 98.7 Å². The molecule has 1 spiro atoms. The molecule has 9 heteroatoms. The number of fused-ring (bicyclic) bond motifs is 1. The summed E-state index contributed by atoms with van der Waals surface area (Å²) in [5.74, 6) is -1.52. The predicted molar refractivity (Wildman–Crippen MR) is 130 cm³/mol. The Morgan fingerprint density at radius 1 is 1.24 bits per heavy atom. The summed E-state index contributed by atoms with van der Waals surface area (Å²) in [6, 6.07) is 5.58. The molecule has 0 saturated carbocycles. The van der Waals surface area contributed by atoms with Gasteiger partial charge in [-0.15, -0.1) is 11.8 Å². The van der Waals surface area contributed by atoms with Gasteiger partial charge in [-0.05, 0) is 56.4 Å². The number of aliphatic hydroxyl groups is 1. The molecule has 0 aliphatic carbocycles. The number of anilines is 1. The molecule has 3 saturated heterocycles. The Morgan fingerprint density at radius 3 is 2.48 bits per heavy atom. The normalized spacial score (nSPS) is 33.4. The fraction of sp³-hybridized carbons (Fsp3) is 0.625. The van der Waals surface area contributed by atoms with Crippen LogP contribution in [0.3, 0.4) is 0 Å². The maximum atomic E-state index is 14.0. The zero-order chi connectivity index (χ0) is 24.1. The highest BCUT2D eigenvalue weighted by atomic mass is 35.5. The minimum absolute atomic E-state index is 0.159. The standard InChI is InChI=1S/C24H32ClN3O4S/c1-13(2)11-16(12-29)28-19(21(31)27-15-7-5-14(25)6-8-15)24-10-9-23(3,33-24)17(20(30)26-4)18(24)22(28)32/h5-8,13,16-19,29H,9-12H2,1-4H3,(H,26,30)(H,27,31)/t16-,17+,18+,19?,23-,24?/m1/s1. The summed E-state index contributed by atoms with van der Waals surface area (Å²) in [5, 5.41) is 16.5. The molecule has 7 nitrogen and oxygen atoms in total. The van der Waals surface area contributed by atoms with Crippen LogP contribution in [-0.4, -0.2) is 63.0 Å². The van der Waals surface area contributed by atoms with E-state index in [4.69, 9.17) is 11.6 Å². The van der Waals surface area contributed by atoms with Gasteiger partial charge in [0.05, 0.1) is 29.2 Å². The van der Waals surface area contributed by atoms with Gasteiger partial charge in [0.1, 0.15) is 6.04 Å². The largest absolute Gasteiger partial charge is 0.394 e. The zero-order valence-electron chi connectivity index (χ0n) is 19.4. The van der Waals surface area contributed by atoms with E-state index in [1.807, 2.05) is 20.8 Å². The van der Waals surface area contributed by atoms with Crippen molar-refractivity contribution in [3.05, 3.63) is 29.3 Å². The van der Waals surface area contributed by atoms with Crippen LogP contribution in [-0.2, 0) is 14.4 Å². The van der Waals surface area contributed by atoms with Crippen LogP contribution in [0.1, 0.15) is 40.0 Å². The van der Waals surface area contributed by atoms with E-state index in [2.05, 4.69) is 10.6 Å². The van der Waals surface area contributed by atoms with Crippen molar-refractivity contribution in [1.82, 2.24) is 10.2 Å². The summed E-state index contributed by atoms with van der Waals surface area (Å²) in [7, 11) is 1.59. The van der Waals surface area contributed by atoms with E-state index in [1.54, 1.807) is 48.0 Å². The molecule has 2 bridgehead atoms. The third kappa shape index (κ3) is 3.84. The van der Waals surface area contributed by atoms with Gasteiger partial charge in [-0.1, -0.05) is 25.4 Å². The fourth-order valence-electron chi connectivity index (χ4n) is 6.18. The van der Waals surface area contributed by atoms with Crippen molar-refractivity contribution in [3.63, 3.8) is 0 Å². The number of carbonyl (C=O) groups excluding carboxylic acids is 3. The molecule has 180 valence electrons. The molecule has 3 aliphatic rings. The smallest absolute Gasteiger partial charge is 0.248 e. The van der Waals surface area contributed by atoms with Crippen molar-refractivity contribution in [3.8, 4) is 0 Å². The van der Waals surface area contributed by atoms with E-state index in [-0.39, 0.29) is 30.2 Å². The van der Waals surface area contributed by atoms with Crippen LogP contribution < -0.4 is 10.6 Å². The van der Waals surface area contributed by atoms with Crippen LogP contribution in [0.2, 0.25) is 5.02 Å². The van der Waals surface area contributed by atoms with Crippen LogP contribution in [0.4, 0.5) is 5.69 Å². The molecule has 3 N–H and O–H groups in total. The molecule has 3 amide bonds. The van der Waals surface area contributed by atoms with E-state index < -0.39 is 33.4 Å². The van der Waals surface area contributed by atoms with Crippen LogP contribution in [0.15, 0.2) is 24.3 Å². The maximum absolute atomic E-state index is 14.0. The lowest BCUT2D eigenvalue weighted by Crippen LogP contribution is -2.55. The first-order valence-corrected chi connectivity index (χ1v) is 12.7. The van der Waals surface area contributed by atoms with Gasteiger partial charge < -0.3 is 20.6 Å². The number of hydrogen-bond acceptors (Lipinski definition) is 5. The number of carbonyl (C=O) groups is 3. The summed E-state index contributed by atoms with van der Waals surface area (Å²) < 4.78 is -1.11. The third-order valence-corrected chi connectivity index (χ3v) is 9.69. The predicted octanol–water partition coefficient (Wildman–Crippen LogP) is 2.91. The Hall–Kier alpha value is -1.77. The molecule has 0 aromatic heterocycles. The molecule has 4 rings (SSSR count). The first kappa shape index (κ1) is 24.4. The summed E-state index contributed by atoms with van der Waals surface area (Å²) in [4.78, 5) is 42.3. The zero-order valence-corrected chi connectivity index (χ0v) is 21.0. The van der Waals surface area contributed by atoms with Crippen molar-refractivity contribution >= 4 is 46.8 Å². The fourth-order valence-corrected chi connectivity index (χ4v) is 8.65. The van der Waals surface area contributed by atoms with E-state index in [9.17, 15) is 19.5 Å². The number of likely N-dealkylation sites (tertiary alicyclic amines) is 1. The number of benzene rings is 1. The molecule has 3 heterocycles. The van der Waals surface area contributed by atoms with Crippen LogP contribution in [0.5, 0.6) is 0 Å². The Bertz CT molecular complexity index is 958. The summed E-state index contributed by atoms with van der Waals surface area (Å²) >= 11 is 7.61. The first-order chi connectivity index (χ1) is 15.6. The van der Waals surface area contributed by atoms with Gasteiger partial charge in [0, 0.05) is 22.5 Å². The van der Waals surface area contributed by atoms with Gasteiger partial charge in [0.15, 0.2) is 0 Å². The first-order valence-electron chi connectivity index (χ1n) is 11.5. The number of thioether (sulfide) groups is 1. The lowest BCUT2D eigenvalue weighted by molar-refractivity contribution is -0.142. The Morgan fingerprint density at radius 2 is 1.91 bits per heavy atom. The average molecular weight is 494 g/mol. The van der Waals surface area contributed by atoms with Crippen molar-refractivity contribution < 1.29 is 19.5 Å². The van der Waals surface area contributed by atoms with Gasteiger partial charge >= 0.3 is 0 Å². The van der Waals surface area contributed by atoms with Gasteiger partial charge in [-0.25, -0.2) is 0 Å². The molecular weight excluding hydrogens is 462 g/mol. The number of hydrogen-bond donors (Lipinski definition) is 3. The highest BCUT2D eigenvalue weighted by Crippen LogP contribution is 2.71. The van der Waals surface area contributed by atoms with Gasteiger partial charge in [0.2, 0.25) is 17.7 Å². The summed E-state index contributed by atoms with van der Waals surface area (Å²) in [6.45, 7) is 5.86. The molecule has 6 atom stereocenters. The molecule has 33 heavy (non-hydrogen) atoms. The summed E-state index contributed by atoms with van der Waals surface area (Å²) in [5.41, 5.74) is 0.590. The molecule has 1 aromatic rings. The third-order valence-electron chi connectivity index (χ3n) is 7.45. The number of nitrogens with zero attached hydrogens (tertiary/aromatic N) is 1. The molecular formula is C24H32ClN3O4S. The second kappa shape index (κ2) is 8.78. The SMILES string of the molecule is CNC(=O)[C@@H]1[C@H]2C(=O)N([C@@H](CO)CC(C)C)C(C(=O)Nc3ccc(Cl)cc3)C23CC[C@@]1(C)S3.